The molecule has 0 aromatic heterocycles. The summed E-state index contributed by atoms with van der Waals surface area (Å²) < 4.78 is 0.321. The molecule has 0 bridgehead atoms. The van der Waals surface area contributed by atoms with Gasteiger partial charge in [-0.05, 0) is 13.3 Å². The number of urea groups is 1. The fourth-order valence-electron chi connectivity index (χ4n) is 1.49. The smallest absolute Gasteiger partial charge is 0.317 e. The number of rotatable bonds is 1. The monoisotopic (exact) mass is 216 g/mol. The molecule has 1 heterocycles. The first kappa shape index (κ1) is 11.7. The molecular formula is C10H20N2OS. The Morgan fingerprint density at radius 1 is 1.50 bits per heavy atom. The van der Waals surface area contributed by atoms with Gasteiger partial charge in [0.05, 0.1) is 0 Å². The highest BCUT2D eigenvalue weighted by Gasteiger charge is 2.25. The van der Waals surface area contributed by atoms with E-state index in [9.17, 15) is 4.79 Å². The lowest BCUT2D eigenvalue weighted by Gasteiger charge is -2.22. The highest BCUT2D eigenvalue weighted by atomic mass is 32.2. The zero-order valence-corrected chi connectivity index (χ0v) is 10.1. The second kappa shape index (κ2) is 4.91. The van der Waals surface area contributed by atoms with Crippen LogP contribution in [0.1, 0.15) is 27.2 Å². The maximum Gasteiger partial charge on any atom is 0.317 e. The van der Waals surface area contributed by atoms with Gasteiger partial charge in [-0.25, -0.2) is 4.79 Å². The van der Waals surface area contributed by atoms with E-state index in [1.54, 1.807) is 0 Å². The van der Waals surface area contributed by atoms with Crippen molar-refractivity contribution >= 4 is 17.8 Å². The molecule has 0 radical (unpaired) electrons. The van der Waals surface area contributed by atoms with Crippen molar-refractivity contribution in [2.45, 2.75) is 31.9 Å². The molecule has 0 spiro atoms. The lowest BCUT2D eigenvalue weighted by Crippen LogP contribution is -2.41. The van der Waals surface area contributed by atoms with E-state index in [1.807, 2.05) is 23.6 Å². The summed E-state index contributed by atoms with van der Waals surface area (Å²) in [5.74, 6) is 1.05. The minimum absolute atomic E-state index is 0.0887. The Morgan fingerprint density at radius 2 is 2.21 bits per heavy atom. The van der Waals surface area contributed by atoms with Gasteiger partial charge in [-0.2, -0.15) is 11.8 Å². The number of nitrogens with zero attached hydrogens (tertiary/aromatic N) is 1. The number of carbonyl (C=O) groups is 1. The van der Waals surface area contributed by atoms with Crippen molar-refractivity contribution < 1.29 is 4.79 Å². The molecule has 1 rings (SSSR count). The molecule has 0 aromatic carbocycles. The van der Waals surface area contributed by atoms with Gasteiger partial charge < -0.3 is 10.2 Å². The Bertz CT molecular complexity index is 206. The first-order valence-electron chi connectivity index (χ1n) is 5.22. The number of carbonyl (C=O) groups excluding carboxylic acids is 1. The lowest BCUT2D eigenvalue weighted by molar-refractivity contribution is 0.201. The average molecular weight is 216 g/mol. The minimum atomic E-state index is 0.0887. The quantitative estimate of drug-likeness (QED) is 0.726. The molecule has 0 atom stereocenters. The van der Waals surface area contributed by atoms with E-state index in [2.05, 4.69) is 19.2 Å². The van der Waals surface area contributed by atoms with Crippen LogP contribution < -0.4 is 5.32 Å². The topological polar surface area (TPSA) is 32.3 Å². The highest BCUT2D eigenvalue weighted by Crippen LogP contribution is 2.30. The molecule has 1 saturated heterocycles. The Labute approximate surface area is 90.6 Å². The van der Waals surface area contributed by atoms with Crippen LogP contribution in [0.25, 0.3) is 0 Å². The van der Waals surface area contributed by atoms with E-state index >= 15 is 0 Å². The summed E-state index contributed by atoms with van der Waals surface area (Å²) in [7, 11) is 0. The van der Waals surface area contributed by atoms with E-state index < -0.39 is 0 Å². The van der Waals surface area contributed by atoms with Crippen LogP contribution in [0.4, 0.5) is 4.79 Å². The van der Waals surface area contributed by atoms with Crippen molar-refractivity contribution in [2.75, 3.05) is 25.4 Å². The minimum Gasteiger partial charge on any atom is -0.338 e. The number of hydrogen-bond acceptors (Lipinski definition) is 2. The third-order valence-electron chi connectivity index (χ3n) is 2.45. The van der Waals surface area contributed by atoms with Gasteiger partial charge in [0, 0.05) is 30.1 Å². The number of nitrogens with one attached hydrogen (secondary N) is 1. The van der Waals surface area contributed by atoms with E-state index in [0.29, 0.717) is 11.3 Å². The maximum absolute atomic E-state index is 11.6. The Balaban J connectivity index is 2.45. The predicted octanol–water partition coefficient (Wildman–Crippen LogP) is 1.93. The SMILES string of the molecule is CCNC(=O)N1CCSC(C)(C)CC1. The summed E-state index contributed by atoms with van der Waals surface area (Å²) in [6, 6.07) is 0.0887. The van der Waals surface area contributed by atoms with E-state index in [-0.39, 0.29) is 6.03 Å². The maximum atomic E-state index is 11.6. The lowest BCUT2D eigenvalue weighted by atomic mass is 10.1. The second-order valence-corrected chi connectivity index (χ2v) is 5.98. The van der Waals surface area contributed by atoms with Gasteiger partial charge in [-0.1, -0.05) is 13.8 Å². The van der Waals surface area contributed by atoms with Crippen LogP contribution in [0.3, 0.4) is 0 Å². The Morgan fingerprint density at radius 3 is 2.86 bits per heavy atom. The van der Waals surface area contributed by atoms with Crippen molar-refractivity contribution in [1.29, 1.82) is 0 Å². The number of thioether (sulfide) groups is 1. The average Bonchev–Trinajstić information content (AvgIpc) is 2.27. The van der Waals surface area contributed by atoms with Gasteiger partial charge in [0.15, 0.2) is 0 Å². The van der Waals surface area contributed by atoms with Crippen LogP contribution >= 0.6 is 11.8 Å². The fraction of sp³-hybridized carbons (Fsp3) is 0.900. The van der Waals surface area contributed by atoms with Gasteiger partial charge in [0.25, 0.3) is 0 Å². The molecule has 0 aromatic rings. The summed E-state index contributed by atoms with van der Waals surface area (Å²) in [6.45, 7) is 8.92. The van der Waals surface area contributed by atoms with Crippen molar-refractivity contribution in [3.8, 4) is 0 Å². The van der Waals surface area contributed by atoms with Gasteiger partial charge in [0.1, 0.15) is 0 Å². The predicted molar refractivity (Wildman–Crippen MR) is 61.8 cm³/mol. The third-order valence-corrected chi connectivity index (χ3v) is 3.83. The van der Waals surface area contributed by atoms with Crippen molar-refractivity contribution in [3.63, 3.8) is 0 Å². The molecule has 1 fully saturated rings. The summed E-state index contributed by atoms with van der Waals surface area (Å²) in [6.07, 6.45) is 1.08. The number of hydrogen-bond donors (Lipinski definition) is 1. The van der Waals surface area contributed by atoms with Crippen LogP contribution in [-0.4, -0.2) is 41.1 Å². The normalized spacial score (nSPS) is 21.5. The van der Waals surface area contributed by atoms with Crippen molar-refractivity contribution in [1.82, 2.24) is 10.2 Å². The van der Waals surface area contributed by atoms with E-state index in [4.69, 9.17) is 0 Å². The van der Waals surface area contributed by atoms with E-state index in [1.165, 1.54) is 0 Å². The molecule has 4 heteroatoms. The van der Waals surface area contributed by atoms with Crippen LogP contribution in [0.2, 0.25) is 0 Å². The van der Waals surface area contributed by atoms with Crippen molar-refractivity contribution in [2.24, 2.45) is 0 Å². The largest absolute Gasteiger partial charge is 0.338 e. The van der Waals surface area contributed by atoms with Crippen LogP contribution in [0.5, 0.6) is 0 Å². The Hall–Kier alpha value is -0.380. The molecule has 1 N–H and O–H groups in total. The van der Waals surface area contributed by atoms with Gasteiger partial charge in [-0.3, -0.25) is 0 Å². The Kier molecular flexibility index (Phi) is 4.11. The molecule has 0 aliphatic carbocycles. The highest BCUT2D eigenvalue weighted by molar-refractivity contribution is 8.00. The molecule has 14 heavy (non-hydrogen) atoms. The molecule has 0 unspecified atom stereocenters. The van der Waals surface area contributed by atoms with Crippen LogP contribution in [0.15, 0.2) is 0 Å². The first-order valence-corrected chi connectivity index (χ1v) is 6.20. The first-order chi connectivity index (χ1) is 6.55. The van der Waals surface area contributed by atoms with E-state index in [0.717, 1.165) is 25.3 Å². The summed E-state index contributed by atoms with van der Waals surface area (Å²) >= 11 is 1.96. The summed E-state index contributed by atoms with van der Waals surface area (Å²) in [4.78, 5) is 13.5. The molecule has 0 saturated carbocycles. The zero-order valence-electron chi connectivity index (χ0n) is 9.30. The van der Waals surface area contributed by atoms with Gasteiger partial charge in [-0.15, -0.1) is 0 Å². The van der Waals surface area contributed by atoms with Gasteiger partial charge >= 0.3 is 6.03 Å². The number of amides is 2. The molecular weight excluding hydrogens is 196 g/mol. The van der Waals surface area contributed by atoms with Crippen molar-refractivity contribution in [3.05, 3.63) is 0 Å². The summed E-state index contributed by atoms with van der Waals surface area (Å²) in [5.41, 5.74) is 0. The molecule has 1 aliphatic rings. The fourth-order valence-corrected chi connectivity index (χ4v) is 2.59. The molecule has 3 nitrogen and oxygen atoms in total. The zero-order chi connectivity index (χ0) is 10.6. The van der Waals surface area contributed by atoms with Gasteiger partial charge in [0.2, 0.25) is 0 Å². The molecule has 1 aliphatic heterocycles. The third kappa shape index (κ3) is 3.40. The van der Waals surface area contributed by atoms with Crippen LogP contribution in [-0.2, 0) is 0 Å². The standard InChI is InChI=1S/C10H20N2OS/c1-4-11-9(13)12-6-5-10(2,3)14-8-7-12/h4-8H2,1-3H3,(H,11,13). The molecule has 82 valence electrons. The summed E-state index contributed by atoms with van der Waals surface area (Å²) in [5, 5.41) is 2.85. The second-order valence-electron chi connectivity index (χ2n) is 4.18. The van der Waals surface area contributed by atoms with Crippen LogP contribution in [0, 0.1) is 0 Å². The molecule has 2 amide bonds.